The van der Waals surface area contributed by atoms with Crippen LogP contribution in [0.1, 0.15) is 43.4 Å². The molecular weight excluding hydrogens is 394 g/mol. The zero-order valence-corrected chi connectivity index (χ0v) is 16.5. The maximum Gasteiger partial charge on any atom is 0.279 e. The van der Waals surface area contributed by atoms with Crippen molar-refractivity contribution in [1.82, 2.24) is 10.3 Å². The number of pyridine rings is 1. The number of aromatic hydroxyl groups is 1. The van der Waals surface area contributed by atoms with Crippen molar-refractivity contribution < 1.29 is 14.8 Å². The van der Waals surface area contributed by atoms with E-state index >= 15 is 0 Å². The van der Waals surface area contributed by atoms with Gasteiger partial charge in [-0.15, -0.1) is 0 Å². The molecule has 0 saturated carbocycles. The third kappa shape index (κ3) is 4.46. The van der Waals surface area contributed by atoms with Gasteiger partial charge < -0.3 is 10.4 Å². The van der Waals surface area contributed by atoms with E-state index in [1.165, 1.54) is 18.3 Å². The zero-order chi connectivity index (χ0) is 21.0. The monoisotopic (exact) mass is 413 g/mol. The molecule has 0 bridgehead atoms. The number of carbonyl (C=O) groups is 1. The number of rotatable bonds is 7. The average molecular weight is 414 g/mol. The lowest BCUT2D eigenvalue weighted by Crippen LogP contribution is -2.29. The number of aromatic nitrogens is 1. The highest BCUT2D eigenvalue weighted by Crippen LogP contribution is 2.39. The van der Waals surface area contributed by atoms with Gasteiger partial charge in [0.1, 0.15) is 11.3 Å². The van der Waals surface area contributed by atoms with Crippen LogP contribution in [0.4, 0.5) is 5.69 Å². The Morgan fingerprint density at radius 3 is 2.69 bits per heavy atom. The Balaban J connectivity index is 2.17. The smallest absolute Gasteiger partial charge is 0.279 e. The van der Waals surface area contributed by atoms with Crippen LogP contribution in [-0.2, 0) is 4.79 Å². The first-order valence-electron chi connectivity index (χ1n) is 9.22. The van der Waals surface area contributed by atoms with Crippen molar-refractivity contribution in [2.24, 2.45) is 0 Å². The van der Waals surface area contributed by atoms with E-state index in [1.807, 2.05) is 6.92 Å². The number of nitro benzene ring substituents is 1. The quantitative estimate of drug-likeness (QED) is 0.423. The van der Waals surface area contributed by atoms with E-state index in [4.69, 9.17) is 11.6 Å². The number of nitrogens with zero attached hydrogens (tertiary/aromatic N) is 2. The van der Waals surface area contributed by atoms with Crippen LogP contribution in [0.5, 0.6) is 5.75 Å². The Hall–Kier alpha value is -3.19. The summed E-state index contributed by atoms with van der Waals surface area (Å²) in [5.74, 6) is -0.420. The second kappa shape index (κ2) is 8.87. The van der Waals surface area contributed by atoms with Crippen molar-refractivity contribution in [3.63, 3.8) is 0 Å². The molecule has 29 heavy (non-hydrogen) atoms. The number of benzene rings is 2. The van der Waals surface area contributed by atoms with Crippen LogP contribution in [0.25, 0.3) is 10.9 Å². The Morgan fingerprint density at radius 1 is 1.31 bits per heavy atom. The standard InChI is InChI=1S/C21H20ClN3O4/c1-2-3-6-18(26)24-19(13-7-9-14(22)10-8-13)16-12-17(25(28)29)15-5-4-11-23-20(15)21(16)27/h4-5,7-12,19,27H,2-3,6H2,1H3,(H,24,26). The van der Waals surface area contributed by atoms with E-state index < -0.39 is 11.0 Å². The highest BCUT2D eigenvalue weighted by Gasteiger charge is 2.26. The number of carbonyl (C=O) groups excluding carboxylic acids is 1. The predicted molar refractivity (Wildman–Crippen MR) is 111 cm³/mol. The van der Waals surface area contributed by atoms with Crippen LogP contribution in [-0.4, -0.2) is 20.9 Å². The summed E-state index contributed by atoms with van der Waals surface area (Å²) in [5, 5.41) is 26.1. The van der Waals surface area contributed by atoms with E-state index in [0.717, 1.165) is 6.42 Å². The summed E-state index contributed by atoms with van der Waals surface area (Å²) in [6.45, 7) is 1.98. The van der Waals surface area contributed by atoms with Crippen LogP contribution in [0, 0.1) is 10.1 Å². The SMILES string of the molecule is CCCCC(=O)NC(c1ccc(Cl)cc1)c1cc([N+](=O)[O-])c2cccnc2c1O. The van der Waals surface area contributed by atoms with Gasteiger partial charge in [0.15, 0.2) is 0 Å². The van der Waals surface area contributed by atoms with Crippen molar-refractivity contribution in [1.29, 1.82) is 0 Å². The summed E-state index contributed by atoms with van der Waals surface area (Å²) in [6.07, 6.45) is 3.34. The predicted octanol–water partition coefficient (Wildman–Crippen LogP) is 4.90. The third-order valence-corrected chi connectivity index (χ3v) is 4.90. The van der Waals surface area contributed by atoms with E-state index in [9.17, 15) is 20.0 Å². The molecule has 0 saturated heterocycles. The highest BCUT2D eigenvalue weighted by atomic mass is 35.5. The molecule has 0 spiro atoms. The Kier molecular flexibility index (Phi) is 6.29. The molecule has 1 amide bonds. The van der Waals surface area contributed by atoms with Gasteiger partial charge >= 0.3 is 0 Å². The molecule has 8 heteroatoms. The molecule has 3 aromatic rings. The minimum atomic E-state index is -0.790. The lowest BCUT2D eigenvalue weighted by atomic mass is 9.95. The fraction of sp³-hybridized carbons (Fsp3) is 0.238. The minimum Gasteiger partial charge on any atom is -0.505 e. The van der Waals surface area contributed by atoms with Gasteiger partial charge in [0, 0.05) is 29.3 Å². The van der Waals surface area contributed by atoms with Crippen molar-refractivity contribution >= 4 is 34.1 Å². The largest absolute Gasteiger partial charge is 0.505 e. The summed E-state index contributed by atoms with van der Waals surface area (Å²) in [6, 6.07) is 10.3. The highest BCUT2D eigenvalue weighted by molar-refractivity contribution is 6.30. The van der Waals surface area contributed by atoms with Crippen LogP contribution >= 0.6 is 11.6 Å². The fourth-order valence-corrected chi connectivity index (χ4v) is 3.29. The summed E-state index contributed by atoms with van der Waals surface area (Å²) in [5.41, 5.74) is 0.760. The van der Waals surface area contributed by atoms with Gasteiger partial charge in [-0.05, 0) is 36.2 Å². The van der Waals surface area contributed by atoms with E-state index in [0.29, 0.717) is 23.4 Å². The summed E-state index contributed by atoms with van der Waals surface area (Å²) >= 11 is 5.98. The van der Waals surface area contributed by atoms with Crippen LogP contribution < -0.4 is 5.32 Å². The minimum absolute atomic E-state index is 0.110. The van der Waals surface area contributed by atoms with Gasteiger partial charge in [-0.3, -0.25) is 19.9 Å². The molecule has 7 nitrogen and oxygen atoms in total. The molecule has 1 heterocycles. The van der Waals surface area contributed by atoms with Crippen molar-refractivity contribution in [3.8, 4) is 5.75 Å². The second-order valence-electron chi connectivity index (χ2n) is 6.65. The van der Waals surface area contributed by atoms with Gasteiger partial charge in [0.05, 0.1) is 16.4 Å². The van der Waals surface area contributed by atoms with Gasteiger partial charge in [-0.2, -0.15) is 0 Å². The summed E-state index contributed by atoms with van der Waals surface area (Å²) < 4.78 is 0. The molecule has 150 valence electrons. The summed E-state index contributed by atoms with van der Waals surface area (Å²) in [4.78, 5) is 27.7. The normalized spacial score (nSPS) is 11.9. The van der Waals surface area contributed by atoms with Gasteiger partial charge in [0.2, 0.25) is 5.91 Å². The van der Waals surface area contributed by atoms with Crippen molar-refractivity contribution in [2.75, 3.05) is 0 Å². The number of phenolic OH excluding ortho intramolecular Hbond substituents is 1. The molecule has 0 aliphatic carbocycles. The average Bonchev–Trinajstić information content (AvgIpc) is 2.72. The van der Waals surface area contributed by atoms with Crippen molar-refractivity contribution in [3.05, 3.63) is 74.9 Å². The second-order valence-corrected chi connectivity index (χ2v) is 7.08. The molecule has 1 atom stereocenters. The number of halogens is 1. The molecule has 0 aliphatic heterocycles. The summed E-state index contributed by atoms with van der Waals surface area (Å²) in [7, 11) is 0. The molecule has 3 rings (SSSR count). The number of hydrogen-bond donors (Lipinski definition) is 2. The van der Waals surface area contributed by atoms with E-state index in [2.05, 4.69) is 10.3 Å². The Morgan fingerprint density at radius 2 is 2.03 bits per heavy atom. The number of hydrogen-bond acceptors (Lipinski definition) is 5. The molecule has 0 fully saturated rings. The molecule has 0 radical (unpaired) electrons. The number of non-ortho nitro benzene ring substituents is 1. The van der Waals surface area contributed by atoms with Crippen LogP contribution in [0.15, 0.2) is 48.7 Å². The molecule has 0 aliphatic rings. The number of phenols is 1. The molecule has 2 N–H and O–H groups in total. The van der Waals surface area contributed by atoms with Gasteiger partial charge in [-0.1, -0.05) is 37.1 Å². The number of unbranched alkanes of at least 4 members (excludes halogenated alkanes) is 1. The first-order valence-corrected chi connectivity index (χ1v) is 9.60. The van der Waals surface area contributed by atoms with Crippen LogP contribution in [0.2, 0.25) is 5.02 Å². The van der Waals surface area contributed by atoms with Crippen molar-refractivity contribution in [2.45, 2.75) is 32.2 Å². The third-order valence-electron chi connectivity index (χ3n) is 4.65. The molecule has 1 aromatic heterocycles. The topological polar surface area (TPSA) is 105 Å². The maximum atomic E-state index is 12.5. The van der Waals surface area contributed by atoms with Gasteiger partial charge in [-0.25, -0.2) is 0 Å². The lowest BCUT2D eigenvalue weighted by Gasteiger charge is -2.21. The fourth-order valence-electron chi connectivity index (χ4n) is 3.17. The van der Waals surface area contributed by atoms with Gasteiger partial charge in [0.25, 0.3) is 5.69 Å². The molecule has 1 unspecified atom stereocenters. The molecule has 2 aromatic carbocycles. The van der Waals surface area contributed by atoms with E-state index in [1.54, 1.807) is 30.3 Å². The Labute approximate surface area is 172 Å². The lowest BCUT2D eigenvalue weighted by molar-refractivity contribution is -0.383. The Bertz CT molecular complexity index is 1050. The van der Waals surface area contributed by atoms with E-state index in [-0.39, 0.29) is 33.8 Å². The number of nitrogens with one attached hydrogen (secondary N) is 1. The maximum absolute atomic E-state index is 12.5. The first kappa shape index (κ1) is 20.5. The van der Waals surface area contributed by atoms with Crippen LogP contribution in [0.3, 0.4) is 0 Å². The number of nitro groups is 1. The first-order chi connectivity index (χ1) is 13.9. The number of amides is 1. The number of fused-ring (bicyclic) bond motifs is 1. The molecular formula is C21H20ClN3O4. The zero-order valence-electron chi connectivity index (χ0n) is 15.8.